The van der Waals surface area contributed by atoms with Crippen molar-refractivity contribution in [2.45, 2.75) is 0 Å². The minimum atomic E-state index is -1.09. The van der Waals surface area contributed by atoms with Gasteiger partial charge in [-0.3, -0.25) is 9.59 Å². The lowest BCUT2D eigenvalue weighted by Crippen LogP contribution is -2.35. The zero-order valence-electron chi connectivity index (χ0n) is 10.4. The summed E-state index contributed by atoms with van der Waals surface area (Å²) in [5.41, 5.74) is 0.259. The van der Waals surface area contributed by atoms with Crippen molar-refractivity contribution in [3.63, 3.8) is 0 Å². The Labute approximate surface area is 116 Å². The van der Waals surface area contributed by atoms with Gasteiger partial charge in [-0.25, -0.2) is 0 Å². The lowest BCUT2D eigenvalue weighted by molar-refractivity contribution is -0.137. The monoisotopic (exact) mass is 283 g/mol. The van der Waals surface area contributed by atoms with Gasteiger partial charge in [0.05, 0.1) is 12.7 Å². The molecule has 0 unspecified atom stereocenters. The van der Waals surface area contributed by atoms with Crippen LogP contribution in [0.25, 0.3) is 0 Å². The summed E-state index contributed by atoms with van der Waals surface area (Å²) in [6.07, 6.45) is 1.46. The van der Waals surface area contributed by atoms with Gasteiger partial charge in [-0.1, -0.05) is 17.7 Å². The molecule has 5 nitrogen and oxygen atoms in total. The van der Waals surface area contributed by atoms with Crippen LogP contribution in [0.5, 0.6) is 5.75 Å². The van der Waals surface area contributed by atoms with Crippen molar-refractivity contribution in [2.24, 2.45) is 0 Å². The highest BCUT2D eigenvalue weighted by Gasteiger charge is 2.20. The Morgan fingerprint density at radius 2 is 2.21 bits per heavy atom. The van der Waals surface area contributed by atoms with Gasteiger partial charge in [-0.15, -0.1) is 6.58 Å². The van der Waals surface area contributed by atoms with Crippen molar-refractivity contribution in [1.82, 2.24) is 4.90 Å². The van der Waals surface area contributed by atoms with Crippen LogP contribution in [0.1, 0.15) is 10.4 Å². The third-order valence-electron chi connectivity index (χ3n) is 2.36. The van der Waals surface area contributed by atoms with Gasteiger partial charge in [0.15, 0.2) is 0 Å². The first kappa shape index (κ1) is 15.0. The van der Waals surface area contributed by atoms with Crippen molar-refractivity contribution in [1.29, 1.82) is 0 Å². The van der Waals surface area contributed by atoms with Crippen molar-refractivity contribution in [2.75, 3.05) is 20.2 Å². The van der Waals surface area contributed by atoms with Gasteiger partial charge < -0.3 is 14.7 Å². The molecule has 1 rings (SSSR count). The molecule has 0 heterocycles. The lowest BCUT2D eigenvalue weighted by Gasteiger charge is -2.20. The van der Waals surface area contributed by atoms with Crippen LogP contribution in [0.15, 0.2) is 30.9 Å². The summed E-state index contributed by atoms with van der Waals surface area (Å²) < 4.78 is 5.08. The molecule has 1 aromatic rings. The smallest absolute Gasteiger partial charge is 0.323 e. The molecule has 1 amide bonds. The number of ether oxygens (including phenoxy) is 1. The van der Waals surface area contributed by atoms with Crippen LogP contribution >= 0.6 is 11.6 Å². The number of hydrogen-bond donors (Lipinski definition) is 1. The first-order chi connectivity index (χ1) is 8.99. The van der Waals surface area contributed by atoms with Gasteiger partial charge in [0.2, 0.25) is 0 Å². The zero-order valence-corrected chi connectivity index (χ0v) is 11.2. The third kappa shape index (κ3) is 3.99. The summed E-state index contributed by atoms with van der Waals surface area (Å²) in [5, 5.41) is 9.23. The summed E-state index contributed by atoms with van der Waals surface area (Å²) in [6, 6.07) is 4.55. The first-order valence-corrected chi connectivity index (χ1v) is 5.83. The number of amides is 1. The van der Waals surface area contributed by atoms with Gasteiger partial charge in [0.25, 0.3) is 5.91 Å². The van der Waals surface area contributed by atoms with Crippen molar-refractivity contribution < 1.29 is 19.4 Å². The van der Waals surface area contributed by atoms with E-state index in [0.29, 0.717) is 10.8 Å². The second-order valence-corrected chi connectivity index (χ2v) is 4.15. The fraction of sp³-hybridized carbons (Fsp3) is 0.231. The Hall–Kier alpha value is -2.01. The molecule has 19 heavy (non-hydrogen) atoms. The van der Waals surface area contributed by atoms with E-state index in [4.69, 9.17) is 21.4 Å². The number of carbonyl (C=O) groups is 2. The Kier molecular flexibility index (Phi) is 5.38. The molecule has 0 aliphatic carbocycles. The van der Waals surface area contributed by atoms with Crippen LogP contribution in [-0.2, 0) is 4.79 Å². The number of hydrogen-bond acceptors (Lipinski definition) is 3. The number of methoxy groups -OCH3 is 1. The Bertz CT molecular complexity index is 501. The van der Waals surface area contributed by atoms with Crippen molar-refractivity contribution in [3.05, 3.63) is 41.4 Å². The van der Waals surface area contributed by atoms with Crippen LogP contribution in [0.4, 0.5) is 0 Å². The maximum Gasteiger partial charge on any atom is 0.323 e. The molecular weight excluding hydrogens is 270 g/mol. The van der Waals surface area contributed by atoms with Crippen LogP contribution in [0.3, 0.4) is 0 Å². The number of benzene rings is 1. The number of halogens is 1. The molecule has 0 bridgehead atoms. The SMILES string of the molecule is C=CCN(CC(=O)O)C(=O)c1ccc(Cl)cc1OC. The number of rotatable bonds is 6. The van der Waals surface area contributed by atoms with E-state index >= 15 is 0 Å². The Balaban J connectivity index is 3.08. The van der Waals surface area contributed by atoms with Crippen LogP contribution < -0.4 is 4.74 Å². The fourth-order valence-electron chi connectivity index (χ4n) is 1.55. The van der Waals surface area contributed by atoms with E-state index in [1.165, 1.54) is 25.3 Å². The van der Waals surface area contributed by atoms with E-state index in [1.807, 2.05) is 0 Å². The average molecular weight is 284 g/mol. The summed E-state index contributed by atoms with van der Waals surface area (Å²) in [6.45, 7) is 3.23. The molecule has 0 radical (unpaired) electrons. The second kappa shape index (κ2) is 6.80. The molecule has 0 fully saturated rings. The topological polar surface area (TPSA) is 66.8 Å². The molecule has 1 aromatic carbocycles. The van der Waals surface area contributed by atoms with E-state index < -0.39 is 18.4 Å². The van der Waals surface area contributed by atoms with Crippen molar-refractivity contribution >= 4 is 23.5 Å². The van der Waals surface area contributed by atoms with E-state index in [0.717, 1.165) is 4.90 Å². The number of aliphatic carboxylic acids is 1. The summed E-state index contributed by atoms with van der Waals surface area (Å²) >= 11 is 5.81. The molecule has 1 N–H and O–H groups in total. The van der Waals surface area contributed by atoms with Crippen molar-refractivity contribution in [3.8, 4) is 5.75 Å². The predicted molar refractivity (Wildman–Crippen MR) is 71.7 cm³/mol. The molecule has 0 saturated carbocycles. The highest BCUT2D eigenvalue weighted by atomic mass is 35.5. The average Bonchev–Trinajstić information content (AvgIpc) is 2.36. The second-order valence-electron chi connectivity index (χ2n) is 3.71. The first-order valence-electron chi connectivity index (χ1n) is 5.45. The molecule has 102 valence electrons. The minimum absolute atomic E-state index is 0.136. The van der Waals surface area contributed by atoms with Crippen LogP contribution in [0.2, 0.25) is 5.02 Å². The largest absolute Gasteiger partial charge is 0.496 e. The van der Waals surface area contributed by atoms with Crippen LogP contribution in [-0.4, -0.2) is 42.1 Å². The molecule has 0 spiro atoms. The zero-order chi connectivity index (χ0) is 14.4. The summed E-state index contributed by atoms with van der Waals surface area (Å²) in [7, 11) is 1.41. The predicted octanol–water partition coefficient (Wildman–Crippen LogP) is 2.06. The van der Waals surface area contributed by atoms with Gasteiger partial charge in [0, 0.05) is 11.6 Å². The molecule has 0 aliphatic rings. The van der Waals surface area contributed by atoms with E-state index in [1.54, 1.807) is 6.07 Å². The quantitative estimate of drug-likeness (QED) is 0.812. The molecular formula is C13H14ClNO4. The maximum absolute atomic E-state index is 12.3. The minimum Gasteiger partial charge on any atom is -0.496 e. The highest BCUT2D eigenvalue weighted by molar-refractivity contribution is 6.30. The normalized spacial score (nSPS) is 9.79. The van der Waals surface area contributed by atoms with E-state index in [9.17, 15) is 9.59 Å². The Morgan fingerprint density at radius 1 is 1.53 bits per heavy atom. The molecule has 0 atom stereocenters. The molecule has 0 aliphatic heterocycles. The summed E-state index contributed by atoms with van der Waals surface area (Å²) in [5.74, 6) is -1.24. The third-order valence-corrected chi connectivity index (χ3v) is 2.59. The number of carboxylic acid groups (broad SMARTS) is 1. The number of nitrogens with zero attached hydrogens (tertiary/aromatic N) is 1. The van der Waals surface area contributed by atoms with E-state index in [-0.39, 0.29) is 12.1 Å². The van der Waals surface area contributed by atoms with Gasteiger partial charge in [0.1, 0.15) is 12.3 Å². The highest BCUT2D eigenvalue weighted by Crippen LogP contribution is 2.24. The maximum atomic E-state index is 12.3. The fourth-order valence-corrected chi connectivity index (χ4v) is 1.71. The molecule has 6 heteroatoms. The Morgan fingerprint density at radius 3 is 2.74 bits per heavy atom. The standard InChI is InChI=1S/C13H14ClNO4/c1-3-6-15(8-12(16)17)13(18)10-5-4-9(14)7-11(10)19-2/h3-5,7H,1,6,8H2,2H3,(H,16,17). The van der Waals surface area contributed by atoms with Gasteiger partial charge in [-0.2, -0.15) is 0 Å². The van der Waals surface area contributed by atoms with Gasteiger partial charge >= 0.3 is 5.97 Å². The van der Waals surface area contributed by atoms with Gasteiger partial charge in [-0.05, 0) is 18.2 Å². The summed E-state index contributed by atoms with van der Waals surface area (Å²) in [4.78, 5) is 24.2. The van der Waals surface area contributed by atoms with Crippen LogP contribution in [0, 0.1) is 0 Å². The number of carbonyl (C=O) groups excluding carboxylic acids is 1. The molecule has 0 saturated heterocycles. The number of carboxylic acids is 1. The lowest BCUT2D eigenvalue weighted by atomic mass is 10.1. The van der Waals surface area contributed by atoms with E-state index in [2.05, 4.69) is 6.58 Å². The molecule has 0 aromatic heterocycles.